The fourth-order valence-electron chi connectivity index (χ4n) is 1.58. The van der Waals surface area contributed by atoms with E-state index in [0.717, 1.165) is 5.56 Å². The van der Waals surface area contributed by atoms with Gasteiger partial charge in [0.25, 0.3) is 5.89 Å². The summed E-state index contributed by atoms with van der Waals surface area (Å²) in [5, 5.41) is 12.8. The summed E-state index contributed by atoms with van der Waals surface area (Å²) >= 11 is 0. The zero-order chi connectivity index (χ0) is 12.8. The van der Waals surface area contributed by atoms with E-state index in [4.69, 9.17) is 14.0 Å². The minimum atomic E-state index is 0.0836. The van der Waals surface area contributed by atoms with Gasteiger partial charge in [-0.15, -0.1) is 6.58 Å². The molecule has 0 spiro atoms. The van der Waals surface area contributed by atoms with Gasteiger partial charge in [0.2, 0.25) is 0 Å². The molecule has 0 fully saturated rings. The van der Waals surface area contributed by atoms with E-state index in [2.05, 4.69) is 16.7 Å². The lowest BCUT2D eigenvalue weighted by Crippen LogP contribution is -2.27. The molecule has 18 heavy (non-hydrogen) atoms. The Balaban J connectivity index is 2.03. The van der Waals surface area contributed by atoms with Gasteiger partial charge in [0.1, 0.15) is 6.26 Å². The summed E-state index contributed by atoms with van der Waals surface area (Å²) in [6.07, 6.45) is 4.87. The summed E-state index contributed by atoms with van der Waals surface area (Å²) in [5.74, 6) is 1.00. The normalized spacial score (nSPS) is 11.0. The molecular weight excluding hydrogens is 234 g/mol. The van der Waals surface area contributed by atoms with Crippen molar-refractivity contribution in [3.63, 3.8) is 0 Å². The number of hydrogen-bond acceptors (Lipinski definition) is 6. The van der Waals surface area contributed by atoms with Crippen molar-refractivity contribution in [3.05, 3.63) is 37.1 Å². The van der Waals surface area contributed by atoms with Crippen LogP contribution in [0.15, 0.2) is 40.2 Å². The molecule has 2 heterocycles. The Morgan fingerprint density at radius 3 is 3.06 bits per heavy atom. The van der Waals surface area contributed by atoms with Crippen molar-refractivity contribution in [1.29, 1.82) is 0 Å². The first-order valence-corrected chi connectivity index (χ1v) is 5.62. The lowest BCUT2D eigenvalue weighted by atomic mass is 10.3. The van der Waals surface area contributed by atoms with Crippen LogP contribution in [-0.2, 0) is 6.54 Å². The van der Waals surface area contributed by atoms with Gasteiger partial charge in [-0.05, 0) is 6.07 Å². The maximum absolute atomic E-state index is 8.94. The largest absolute Gasteiger partial charge is 0.472 e. The van der Waals surface area contributed by atoms with Gasteiger partial charge < -0.3 is 14.0 Å². The predicted molar refractivity (Wildman–Crippen MR) is 64.6 cm³/mol. The first-order valence-electron chi connectivity index (χ1n) is 5.62. The maximum atomic E-state index is 8.94. The molecule has 0 saturated heterocycles. The Morgan fingerprint density at radius 2 is 2.39 bits per heavy atom. The van der Waals surface area contributed by atoms with Crippen LogP contribution < -0.4 is 0 Å². The number of aromatic nitrogens is 2. The second-order valence-electron chi connectivity index (χ2n) is 3.78. The maximum Gasteiger partial charge on any atom is 0.261 e. The molecule has 0 atom stereocenters. The van der Waals surface area contributed by atoms with Gasteiger partial charge in [0.15, 0.2) is 5.82 Å². The Bertz CT molecular complexity index is 478. The minimum absolute atomic E-state index is 0.0836. The van der Waals surface area contributed by atoms with Crippen molar-refractivity contribution < 1.29 is 14.0 Å². The third-order valence-corrected chi connectivity index (χ3v) is 2.40. The molecule has 2 aromatic heterocycles. The van der Waals surface area contributed by atoms with E-state index < -0.39 is 0 Å². The third kappa shape index (κ3) is 3.06. The van der Waals surface area contributed by atoms with Gasteiger partial charge >= 0.3 is 0 Å². The first kappa shape index (κ1) is 12.5. The zero-order valence-electron chi connectivity index (χ0n) is 9.95. The molecule has 0 aliphatic rings. The number of aliphatic hydroxyl groups is 1. The Kier molecular flexibility index (Phi) is 4.27. The topological polar surface area (TPSA) is 75.5 Å². The van der Waals surface area contributed by atoms with E-state index in [9.17, 15) is 0 Å². The van der Waals surface area contributed by atoms with Crippen molar-refractivity contribution in [3.8, 4) is 11.5 Å². The van der Waals surface area contributed by atoms with Crippen LogP contribution in [0.2, 0.25) is 0 Å². The molecule has 2 aromatic rings. The summed E-state index contributed by atoms with van der Waals surface area (Å²) in [6, 6.07) is 1.76. The van der Waals surface area contributed by atoms with Gasteiger partial charge in [-0.2, -0.15) is 4.98 Å². The molecule has 0 unspecified atom stereocenters. The van der Waals surface area contributed by atoms with E-state index in [-0.39, 0.29) is 6.61 Å². The Hall–Kier alpha value is -1.92. The van der Waals surface area contributed by atoms with E-state index in [0.29, 0.717) is 31.3 Å². The molecular formula is C12H15N3O3. The molecule has 2 rings (SSSR count). The highest BCUT2D eigenvalue weighted by Crippen LogP contribution is 2.17. The van der Waals surface area contributed by atoms with Crippen molar-refractivity contribution >= 4 is 0 Å². The van der Waals surface area contributed by atoms with Crippen molar-refractivity contribution in [2.45, 2.75) is 6.54 Å². The molecule has 0 radical (unpaired) electrons. The van der Waals surface area contributed by atoms with Crippen LogP contribution in [-0.4, -0.2) is 39.8 Å². The summed E-state index contributed by atoms with van der Waals surface area (Å²) in [5.41, 5.74) is 0.756. The van der Waals surface area contributed by atoms with Crippen molar-refractivity contribution in [1.82, 2.24) is 15.0 Å². The van der Waals surface area contributed by atoms with Gasteiger partial charge in [-0.25, -0.2) is 0 Å². The molecule has 0 aliphatic carbocycles. The molecule has 96 valence electrons. The smallest absolute Gasteiger partial charge is 0.261 e. The highest BCUT2D eigenvalue weighted by Gasteiger charge is 2.12. The lowest BCUT2D eigenvalue weighted by Gasteiger charge is -2.16. The zero-order valence-corrected chi connectivity index (χ0v) is 9.95. The number of rotatable bonds is 7. The lowest BCUT2D eigenvalue weighted by molar-refractivity contribution is 0.199. The van der Waals surface area contributed by atoms with E-state index in [1.807, 2.05) is 4.90 Å². The van der Waals surface area contributed by atoms with Gasteiger partial charge in [-0.1, -0.05) is 11.2 Å². The molecule has 0 amide bonds. The Labute approximate surface area is 105 Å². The number of nitrogens with zero attached hydrogens (tertiary/aromatic N) is 3. The SMILES string of the molecule is C=CCN(CCO)Cc1noc(-c2ccoc2)n1. The van der Waals surface area contributed by atoms with Crippen molar-refractivity contribution in [2.24, 2.45) is 0 Å². The van der Waals surface area contributed by atoms with E-state index in [1.54, 1.807) is 24.7 Å². The van der Waals surface area contributed by atoms with Gasteiger partial charge in [-0.3, -0.25) is 4.90 Å². The van der Waals surface area contributed by atoms with Gasteiger partial charge in [0.05, 0.1) is 25.0 Å². The molecule has 6 heteroatoms. The van der Waals surface area contributed by atoms with Crippen LogP contribution >= 0.6 is 0 Å². The molecule has 0 bridgehead atoms. The quantitative estimate of drug-likeness (QED) is 0.746. The molecule has 6 nitrogen and oxygen atoms in total. The van der Waals surface area contributed by atoms with Crippen LogP contribution in [0.4, 0.5) is 0 Å². The average Bonchev–Trinajstić information content (AvgIpc) is 2.98. The number of furan rings is 1. The fourth-order valence-corrected chi connectivity index (χ4v) is 1.58. The molecule has 0 aromatic carbocycles. The van der Waals surface area contributed by atoms with Crippen LogP contribution in [0, 0.1) is 0 Å². The summed E-state index contributed by atoms with van der Waals surface area (Å²) in [4.78, 5) is 6.23. The predicted octanol–water partition coefficient (Wildman–Crippen LogP) is 1.31. The van der Waals surface area contributed by atoms with Crippen molar-refractivity contribution in [2.75, 3.05) is 19.7 Å². The summed E-state index contributed by atoms with van der Waals surface area (Å²) in [6.45, 7) is 5.47. The van der Waals surface area contributed by atoms with Crippen LogP contribution in [0.3, 0.4) is 0 Å². The Morgan fingerprint density at radius 1 is 1.50 bits per heavy atom. The molecule has 0 saturated carbocycles. The molecule has 0 aliphatic heterocycles. The third-order valence-electron chi connectivity index (χ3n) is 2.40. The minimum Gasteiger partial charge on any atom is -0.472 e. The first-order chi connectivity index (χ1) is 8.83. The fraction of sp³-hybridized carbons (Fsp3) is 0.333. The standard InChI is InChI=1S/C12H15N3O3/c1-2-4-15(5-6-16)8-11-13-12(18-14-11)10-3-7-17-9-10/h2-3,7,9,16H,1,4-6,8H2. The summed E-state index contributed by atoms with van der Waals surface area (Å²) in [7, 11) is 0. The summed E-state index contributed by atoms with van der Waals surface area (Å²) < 4.78 is 10.1. The van der Waals surface area contributed by atoms with E-state index in [1.165, 1.54) is 0 Å². The van der Waals surface area contributed by atoms with Gasteiger partial charge in [0, 0.05) is 13.1 Å². The monoisotopic (exact) mass is 249 g/mol. The van der Waals surface area contributed by atoms with Crippen LogP contribution in [0.5, 0.6) is 0 Å². The van der Waals surface area contributed by atoms with Crippen LogP contribution in [0.25, 0.3) is 11.5 Å². The molecule has 1 N–H and O–H groups in total. The second-order valence-corrected chi connectivity index (χ2v) is 3.78. The van der Waals surface area contributed by atoms with Crippen LogP contribution in [0.1, 0.15) is 5.82 Å². The highest BCUT2D eigenvalue weighted by atomic mass is 16.5. The average molecular weight is 249 g/mol. The highest BCUT2D eigenvalue weighted by molar-refractivity contribution is 5.49. The second kappa shape index (κ2) is 6.13. The number of aliphatic hydroxyl groups excluding tert-OH is 1. The number of hydrogen-bond donors (Lipinski definition) is 1. The van der Waals surface area contributed by atoms with E-state index >= 15 is 0 Å².